The maximum absolute atomic E-state index is 12.0. The lowest BCUT2D eigenvalue weighted by atomic mass is 9.81. The molecule has 0 radical (unpaired) electrons. The average molecular weight is 305 g/mol. The van der Waals surface area contributed by atoms with Gasteiger partial charge in [0.2, 0.25) is 0 Å². The van der Waals surface area contributed by atoms with E-state index in [9.17, 15) is 23.1 Å². The first-order valence-corrected chi connectivity index (χ1v) is 8.19. The van der Waals surface area contributed by atoms with E-state index in [1.54, 1.807) is 20.8 Å². The minimum atomic E-state index is -3.35. The molecule has 2 heterocycles. The van der Waals surface area contributed by atoms with Crippen molar-refractivity contribution in [3.05, 3.63) is 0 Å². The smallest absolute Gasteiger partial charge is 0.410 e. The molecule has 2 fully saturated rings. The number of aliphatic carboxylic acids is 1. The number of carbonyl (C=O) groups excluding carboxylic acids is 1. The molecule has 0 bridgehead atoms. The number of hydrogen-bond donors (Lipinski definition) is 1. The Labute approximate surface area is 117 Å². The molecule has 0 unspecified atom stereocenters. The number of nitrogens with zero attached hydrogens (tertiary/aromatic N) is 1. The summed E-state index contributed by atoms with van der Waals surface area (Å²) in [5.41, 5.74) is -2.05. The average Bonchev–Trinajstić information content (AvgIpc) is 2.64. The van der Waals surface area contributed by atoms with Crippen LogP contribution in [0.15, 0.2) is 0 Å². The number of likely N-dealkylation sites (tertiary alicyclic amines) is 1. The van der Waals surface area contributed by atoms with Crippen LogP contribution < -0.4 is 0 Å². The third-order valence-corrected chi connectivity index (χ3v) is 5.57. The molecule has 0 aromatic heterocycles. The van der Waals surface area contributed by atoms with E-state index in [1.807, 2.05) is 0 Å². The summed E-state index contributed by atoms with van der Waals surface area (Å²) in [5, 5.41) is 9.40. The van der Waals surface area contributed by atoms with Crippen molar-refractivity contribution in [3.8, 4) is 0 Å². The summed E-state index contributed by atoms with van der Waals surface area (Å²) in [7, 11) is -3.35. The fourth-order valence-corrected chi connectivity index (χ4v) is 5.27. The van der Waals surface area contributed by atoms with Gasteiger partial charge in [-0.1, -0.05) is 0 Å². The van der Waals surface area contributed by atoms with Gasteiger partial charge in [-0.2, -0.15) is 0 Å². The van der Waals surface area contributed by atoms with Gasteiger partial charge in [0.05, 0.1) is 11.5 Å². The molecular formula is C12H19NO6S. The second-order valence-electron chi connectivity index (χ2n) is 6.57. The van der Waals surface area contributed by atoms with Crippen LogP contribution in [0.5, 0.6) is 0 Å². The third-order valence-electron chi connectivity index (χ3n) is 3.71. The SMILES string of the molecule is CC(C)(C)OC(=O)N1C[C@@H]2CS(=O)(=O)C[C@]2(C(=O)O)C1. The Bertz CT molecular complexity index is 549. The summed E-state index contributed by atoms with van der Waals surface area (Å²) in [6, 6.07) is 0. The number of sulfone groups is 1. The molecule has 1 amide bonds. The van der Waals surface area contributed by atoms with Gasteiger partial charge in [0, 0.05) is 19.0 Å². The van der Waals surface area contributed by atoms with Crippen molar-refractivity contribution < 1.29 is 27.9 Å². The van der Waals surface area contributed by atoms with Crippen molar-refractivity contribution in [1.29, 1.82) is 0 Å². The lowest BCUT2D eigenvalue weighted by Gasteiger charge is -2.26. The van der Waals surface area contributed by atoms with E-state index in [-0.39, 0.29) is 18.8 Å². The van der Waals surface area contributed by atoms with Crippen molar-refractivity contribution >= 4 is 21.9 Å². The molecule has 2 aliphatic heterocycles. The number of amides is 1. The molecule has 2 atom stereocenters. The Morgan fingerprint density at radius 2 is 1.95 bits per heavy atom. The zero-order valence-corrected chi connectivity index (χ0v) is 12.6. The van der Waals surface area contributed by atoms with Gasteiger partial charge in [-0.3, -0.25) is 4.79 Å². The normalized spacial score (nSPS) is 31.9. The molecule has 0 aliphatic carbocycles. The van der Waals surface area contributed by atoms with E-state index < -0.39 is 44.6 Å². The Balaban J connectivity index is 2.19. The first-order valence-electron chi connectivity index (χ1n) is 6.37. The number of carbonyl (C=O) groups is 2. The predicted octanol–water partition coefficient (Wildman–Crippen LogP) is 0.353. The standard InChI is InChI=1S/C12H19NO6S/c1-11(2,3)19-10(16)13-4-8-5-20(17,18)7-12(8,6-13)9(14)15/h8H,4-7H2,1-3H3,(H,14,15)/t8-,12-/m1/s1. The molecule has 2 rings (SSSR count). The van der Waals surface area contributed by atoms with Crippen LogP contribution in [0, 0.1) is 11.3 Å². The molecular weight excluding hydrogens is 286 g/mol. The van der Waals surface area contributed by atoms with E-state index in [0.717, 1.165) is 0 Å². The molecule has 2 saturated heterocycles. The van der Waals surface area contributed by atoms with Crippen LogP contribution in [0.3, 0.4) is 0 Å². The van der Waals surface area contributed by atoms with Crippen LogP contribution >= 0.6 is 0 Å². The highest BCUT2D eigenvalue weighted by Gasteiger charge is 2.61. The second kappa shape index (κ2) is 4.34. The fraction of sp³-hybridized carbons (Fsp3) is 0.833. The fourth-order valence-electron chi connectivity index (χ4n) is 2.88. The van der Waals surface area contributed by atoms with Crippen molar-refractivity contribution in [2.45, 2.75) is 26.4 Å². The van der Waals surface area contributed by atoms with Crippen LogP contribution in [-0.2, 0) is 19.4 Å². The highest BCUT2D eigenvalue weighted by atomic mass is 32.2. The first kappa shape index (κ1) is 15.1. The number of fused-ring (bicyclic) bond motifs is 1. The number of rotatable bonds is 1. The largest absolute Gasteiger partial charge is 0.481 e. The molecule has 0 aromatic rings. The van der Waals surface area contributed by atoms with E-state index in [1.165, 1.54) is 4.90 Å². The van der Waals surface area contributed by atoms with E-state index >= 15 is 0 Å². The minimum absolute atomic E-state index is 0.110. The Kier molecular flexibility index (Phi) is 3.27. The molecule has 0 aromatic carbocycles. The zero-order valence-electron chi connectivity index (χ0n) is 11.7. The summed E-state index contributed by atoms with van der Waals surface area (Å²) in [6.45, 7) is 5.17. The monoisotopic (exact) mass is 305 g/mol. The van der Waals surface area contributed by atoms with Crippen LogP contribution in [-0.4, -0.2) is 60.7 Å². The van der Waals surface area contributed by atoms with Crippen molar-refractivity contribution in [1.82, 2.24) is 4.90 Å². The maximum atomic E-state index is 12.0. The van der Waals surface area contributed by atoms with Gasteiger partial charge in [0.25, 0.3) is 0 Å². The summed E-state index contributed by atoms with van der Waals surface area (Å²) < 4.78 is 28.5. The summed E-state index contributed by atoms with van der Waals surface area (Å²) in [4.78, 5) is 24.8. The Hall–Kier alpha value is -1.31. The van der Waals surface area contributed by atoms with Gasteiger partial charge >= 0.3 is 12.1 Å². The van der Waals surface area contributed by atoms with Crippen molar-refractivity contribution in [2.75, 3.05) is 24.6 Å². The summed E-state index contributed by atoms with van der Waals surface area (Å²) in [5.74, 6) is -2.30. The maximum Gasteiger partial charge on any atom is 0.410 e. The van der Waals surface area contributed by atoms with Gasteiger partial charge in [-0.25, -0.2) is 13.2 Å². The van der Waals surface area contributed by atoms with E-state index in [0.29, 0.717) is 0 Å². The molecule has 7 nitrogen and oxygen atoms in total. The van der Waals surface area contributed by atoms with E-state index in [4.69, 9.17) is 4.74 Å². The number of ether oxygens (including phenoxy) is 1. The molecule has 0 saturated carbocycles. The molecule has 20 heavy (non-hydrogen) atoms. The Morgan fingerprint density at radius 3 is 2.40 bits per heavy atom. The molecule has 0 spiro atoms. The van der Waals surface area contributed by atoms with Gasteiger partial charge in [0.15, 0.2) is 9.84 Å². The molecule has 2 aliphatic rings. The zero-order chi connectivity index (χ0) is 15.3. The molecule has 114 valence electrons. The number of carboxylic acid groups (broad SMARTS) is 1. The Morgan fingerprint density at radius 1 is 1.35 bits per heavy atom. The quantitative estimate of drug-likeness (QED) is 0.750. The summed E-state index contributed by atoms with van der Waals surface area (Å²) >= 11 is 0. The van der Waals surface area contributed by atoms with Crippen LogP contribution in [0.1, 0.15) is 20.8 Å². The van der Waals surface area contributed by atoms with E-state index in [2.05, 4.69) is 0 Å². The first-order chi connectivity index (χ1) is 8.95. The lowest BCUT2D eigenvalue weighted by Crippen LogP contribution is -2.41. The minimum Gasteiger partial charge on any atom is -0.481 e. The molecule has 8 heteroatoms. The van der Waals surface area contributed by atoms with Crippen LogP contribution in [0.2, 0.25) is 0 Å². The molecule has 1 N–H and O–H groups in total. The van der Waals surface area contributed by atoms with Crippen molar-refractivity contribution in [3.63, 3.8) is 0 Å². The summed E-state index contributed by atoms with van der Waals surface area (Å²) in [6.07, 6.45) is -0.593. The van der Waals surface area contributed by atoms with Gasteiger partial charge < -0.3 is 14.7 Å². The highest BCUT2D eigenvalue weighted by Crippen LogP contribution is 2.44. The predicted molar refractivity (Wildman–Crippen MR) is 70.0 cm³/mol. The van der Waals surface area contributed by atoms with Crippen LogP contribution in [0.4, 0.5) is 4.79 Å². The topological polar surface area (TPSA) is 101 Å². The lowest BCUT2D eigenvalue weighted by molar-refractivity contribution is -0.148. The van der Waals surface area contributed by atoms with Gasteiger partial charge in [0.1, 0.15) is 11.0 Å². The van der Waals surface area contributed by atoms with Gasteiger partial charge in [-0.05, 0) is 20.8 Å². The number of carboxylic acids is 1. The van der Waals surface area contributed by atoms with Gasteiger partial charge in [-0.15, -0.1) is 0 Å². The number of hydrogen-bond acceptors (Lipinski definition) is 5. The van der Waals surface area contributed by atoms with Crippen LogP contribution in [0.25, 0.3) is 0 Å². The third kappa shape index (κ3) is 2.61. The highest BCUT2D eigenvalue weighted by molar-refractivity contribution is 7.91. The van der Waals surface area contributed by atoms with Crippen molar-refractivity contribution in [2.24, 2.45) is 11.3 Å². The second-order valence-corrected chi connectivity index (χ2v) is 8.68.